The highest BCUT2D eigenvalue weighted by Crippen LogP contribution is 2.38. The van der Waals surface area contributed by atoms with Gasteiger partial charge in [-0.15, -0.1) is 11.3 Å². The second kappa shape index (κ2) is 8.87. The SMILES string of the molecule is CCc1nc(-c2cccc(C)c2)c(-c2ccnc(NCC3CCCCC3)c2)s1. The fourth-order valence-corrected chi connectivity index (χ4v) is 5.03. The first-order valence-corrected chi connectivity index (χ1v) is 11.3. The first-order valence-electron chi connectivity index (χ1n) is 10.5. The molecule has 146 valence electrons. The zero-order chi connectivity index (χ0) is 19.3. The molecule has 1 aliphatic carbocycles. The van der Waals surface area contributed by atoms with E-state index in [9.17, 15) is 0 Å². The van der Waals surface area contributed by atoms with E-state index in [1.165, 1.54) is 58.7 Å². The minimum Gasteiger partial charge on any atom is -0.370 e. The van der Waals surface area contributed by atoms with Gasteiger partial charge in [0.05, 0.1) is 15.6 Å². The third-order valence-electron chi connectivity index (χ3n) is 5.58. The van der Waals surface area contributed by atoms with Crippen molar-refractivity contribution in [3.8, 4) is 21.7 Å². The van der Waals surface area contributed by atoms with Crippen molar-refractivity contribution in [1.29, 1.82) is 0 Å². The van der Waals surface area contributed by atoms with Gasteiger partial charge in [-0.3, -0.25) is 0 Å². The van der Waals surface area contributed by atoms with Gasteiger partial charge < -0.3 is 5.32 Å². The molecule has 1 aliphatic rings. The highest BCUT2D eigenvalue weighted by Gasteiger charge is 2.16. The molecule has 4 heteroatoms. The van der Waals surface area contributed by atoms with E-state index in [1.54, 1.807) is 11.3 Å². The maximum Gasteiger partial charge on any atom is 0.126 e. The van der Waals surface area contributed by atoms with Gasteiger partial charge in [0.25, 0.3) is 0 Å². The van der Waals surface area contributed by atoms with Crippen molar-refractivity contribution < 1.29 is 0 Å². The lowest BCUT2D eigenvalue weighted by molar-refractivity contribution is 0.373. The molecular weight excluding hydrogens is 362 g/mol. The number of hydrogen-bond acceptors (Lipinski definition) is 4. The summed E-state index contributed by atoms with van der Waals surface area (Å²) in [4.78, 5) is 10.8. The molecule has 0 saturated heterocycles. The number of rotatable bonds is 6. The zero-order valence-electron chi connectivity index (χ0n) is 16.9. The molecule has 0 aliphatic heterocycles. The number of anilines is 1. The van der Waals surface area contributed by atoms with Gasteiger partial charge in [-0.1, -0.05) is 49.9 Å². The fourth-order valence-electron chi connectivity index (χ4n) is 4.01. The van der Waals surface area contributed by atoms with Crippen molar-refractivity contribution in [2.24, 2.45) is 5.92 Å². The summed E-state index contributed by atoms with van der Waals surface area (Å²) in [6.45, 7) is 5.34. The summed E-state index contributed by atoms with van der Waals surface area (Å²) in [6.07, 6.45) is 9.72. The second-order valence-corrected chi connectivity index (χ2v) is 8.91. The Kier molecular flexibility index (Phi) is 6.06. The van der Waals surface area contributed by atoms with Gasteiger partial charge in [0, 0.05) is 18.3 Å². The van der Waals surface area contributed by atoms with Gasteiger partial charge in [0.2, 0.25) is 0 Å². The lowest BCUT2D eigenvalue weighted by Crippen LogP contribution is -2.17. The monoisotopic (exact) mass is 391 g/mol. The van der Waals surface area contributed by atoms with E-state index < -0.39 is 0 Å². The molecule has 2 aromatic heterocycles. The lowest BCUT2D eigenvalue weighted by Gasteiger charge is -2.22. The summed E-state index contributed by atoms with van der Waals surface area (Å²) in [6, 6.07) is 12.9. The number of nitrogens with zero attached hydrogens (tertiary/aromatic N) is 2. The maximum absolute atomic E-state index is 4.94. The minimum atomic E-state index is 0.789. The molecule has 28 heavy (non-hydrogen) atoms. The number of aromatic nitrogens is 2. The Morgan fingerprint density at radius 1 is 1.07 bits per heavy atom. The van der Waals surface area contributed by atoms with Crippen LogP contribution >= 0.6 is 11.3 Å². The number of benzene rings is 1. The van der Waals surface area contributed by atoms with Crippen LogP contribution in [-0.2, 0) is 6.42 Å². The van der Waals surface area contributed by atoms with Crippen LogP contribution in [0.5, 0.6) is 0 Å². The molecule has 3 aromatic rings. The van der Waals surface area contributed by atoms with Crippen LogP contribution in [0.3, 0.4) is 0 Å². The van der Waals surface area contributed by atoms with Crippen molar-refractivity contribution in [3.63, 3.8) is 0 Å². The fraction of sp³-hybridized carbons (Fsp3) is 0.417. The number of pyridine rings is 1. The molecule has 0 spiro atoms. The van der Waals surface area contributed by atoms with Crippen LogP contribution in [0.25, 0.3) is 21.7 Å². The van der Waals surface area contributed by atoms with E-state index in [0.29, 0.717) is 0 Å². The minimum absolute atomic E-state index is 0.789. The highest BCUT2D eigenvalue weighted by atomic mass is 32.1. The molecule has 2 heterocycles. The van der Waals surface area contributed by atoms with Crippen molar-refractivity contribution in [3.05, 3.63) is 53.2 Å². The number of thiazole rings is 1. The Morgan fingerprint density at radius 3 is 2.71 bits per heavy atom. The van der Waals surface area contributed by atoms with Crippen LogP contribution in [0.4, 0.5) is 5.82 Å². The predicted molar refractivity (Wildman–Crippen MR) is 120 cm³/mol. The van der Waals surface area contributed by atoms with Gasteiger partial charge in [0.1, 0.15) is 5.82 Å². The van der Waals surface area contributed by atoms with Gasteiger partial charge in [-0.2, -0.15) is 0 Å². The molecule has 1 fully saturated rings. The van der Waals surface area contributed by atoms with Gasteiger partial charge >= 0.3 is 0 Å². The van der Waals surface area contributed by atoms with Crippen LogP contribution in [0.1, 0.15) is 49.6 Å². The average Bonchev–Trinajstić information content (AvgIpc) is 3.18. The normalized spacial score (nSPS) is 14.9. The van der Waals surface area contributed by atoms with Crippen LogP contribution in [0.2, 0.25) is 0 Å². The van der Waals surface area contributed by atoms with E-state index in [1.807, 2.05) is 6.20 Å². The zero-order valence-corrected chi connectivity index (χ0v) is 17.7. The van der Waals surface area contributed by atoms with Crippen molar-refractivity contribution in [2.45, 2.75) is 52.4 Å². The molecule has 1 N–H and O–H groups in total. The van der Waals surface area contributed by atoms with Crippen molar-refractivity contribution >= 4 is 17.2 Å². The lowest BCUT2D eigenvalue weighted by atomic mass is 9.89. The first kappa shape index (κ1) is 19.1. The van der Waals surface area contributed by atoms with Crippen molar-refractivity contribution in [1.82, 2.24) is 9.97 Å². The van der Waals surface area contributed by atoms with E-state index in [0.717, 1.165) is 30.4 Å². The van der Waals surface area contributed by atoms with E-state index in [4.69, 9.17) is 4.98 Å². The molecule has 3 nitrogen and oxygen atoms in total. The summed E-state index contributed by atoms with van der Waals surface area (Å²) in [5.41, 5.74) is 4.75. The van der Waals surface area contributed by atoms with Crippen molar-refractivity contribution in [2.75, 3.05) is 11.9 Å². The molecular formula is C24H29N3S. The summed E-state index contributed by atoms with van der Waals surface area (Å²) < 4.78 is 0. The largest absolute Gasteiger partial charge is 0.370 e. The standard InChI is InChI=1S/C24H29N3S/c1-3-22-27-23(19-11-7-8-17(2)14-19)24(28-22)20-12-13-25-21(15-20)26-16-18-9-5-4-6-10-18/h7-8,11-15,18H,3-6,9-10,16H2,1-2H3,(H,25,26). The molecule has 0 radical (unpaired) electrons. The Morgan fingerprint density at radius 2 is 1.93 bits per heavy atom. The number of aryl methyl sites for hydroxylation is 2. The van der Waals surface area contributed by atoms with Gasteiger partial charge in [-0.05, 0) is 55.9 Å². The molecule has 0 atom stereocenters. The predicted octanol–water partition coefficient (Wildman–Crippen LogP) is 6.74. The van der Waals surface area contributed by atoms with Crippen LogP contribution in [0.15, 0.2) is 42.6 Å². The third kappa shape index (κ3) is 4.44. The Hall–Kier alpha value is -2.20. The molecule has 1 aromatic carbocycles. The summed E-state index contributed by atoms with van der Waals surface area (Å²) >= 11 is 1.80. The first-order chi connectivity index (χ1) is 13.7. The molecule has 0 unspecified atom stereocenters. The maximum atomic E-state index is 4.94. The topological polar surface area (TPSA) is 37.8 Å². The second-order valence-electron chi connectivity index (χ2n) is 7.82. The quantitative estimate of drug-likeness (QED) is 0.506. The molecule has 0 bridgehead atoms. The number of nitrogens with one attached hydrogen (secondary N) is 1. The van der Waals surface area contributed by atoms with E-state index in [-0.39, 0.29) is 0 Å². The highest BCUT2D eigenvalue weighted by molar-refractivity contribution is 7.15. The Balaban J connectivity index is 1.61. The smallest absolute Gasteiger partial charge is 0.126 e. The summed E-state index contributed by atoms with van der Waals surface area (Å²) in [5.74, 6) is 1.77. The van der Waals surface area contributed by atoms with Gasteiger partial charge in [0.15, 0.2) is 0 Å². The summed E-state index contributed by atoms with van der Waals surface area (Å²) in [5, 5.41) is 4.77. The number of hydrogen-bond donors (Lipinski definition) is 1. The van der Waals surface area contributed by atoms with E-state index >= 15 is 0 Å². The van der Waals surface area contributed by atoms with Crippen LogP contribution in [-0.4, -0.2) is 16.5 Å². The summed E-state index contributed by atoms with van der Waals surface area (Å²) in [7, 11) is 0. The Bertz CT molecular complexity index is 925. The molecule has 1 saturated carbocycles. The van der Waals surface area contributed by atoms with E-state index in [2.05, 4.69) is 60.5 Å². The molecule has 0 amide bonds. The van der Waals surface area contributed by atoms with Gasteiger partial charge in [-0.25, -0.2) is 9.97 Å². The average molecular weight is 392 g/mol. The third-order valence-corrected chi connectivity index (χ3v) is 6.83. The van der Waals surface area contributed by atoms with Crippen LogP contribution in [0, 0.1) is 12.8 Å². The van der Waals surface area contributed by atoms with Crippen LogP contribution < -0.4 is 5.32 Å². The molecule has 4 rings (SSSR count). The Labute approximate surface area is 172 Å².